The summed E-state index contributed by atoms with van der Waals surface area (Å²) >= 11 is 0. The lowest BCUT2D eigenvalue weighted by Crippen LogP contribution is -2.40. The van der Waals surface area contributed by atoms with Crippen LogP contribution in [0.5, 0.6) is 5.75 Å². The van der Waals surface area contributed by atoms with Gasteiger partial charge in [-0.1, -0.05) is 25.1 Å². The normalized spacial score (nSPS) is 13.6. The second-order valence-corrected chi connectivity index (χ2v) is 5.09. The molecule has 0 saturated carbocycles. The van der Waals surface area contributed by atoms with Crippen molar-refractivity contribution < 1.29 is 9.53 Å². The van der Waals surface area contributed by atoms with Gasteiger partial charge in [-0.3, -0.25) is 4.79 Å². The van der Waals surface area contributed by atoms with E-state index in [1.165, 1.54) is 0 Å². The van der Waals surface area contributed by atoms with Crippen LogP contribution in [0.15, 0.2) is 24.3 Å². The Morgan fingerprint density at radius 2 is 1.81 bits per heavy atom. The van der Waals surface area contributed by atoms with Crippen LogP contribution in [-0.2, 0) is 4.79 Å². The molecule has 1 N–H and O–H groups in total. The van der Waals surface area contributed by atoms with E-state index in [-0.39, 0.29) is 11.9 Å². The highest BCUT2D eigenvalue weighted by Crippen LogP contribution is 2.25. The Kier molecular flexibility index (Phi) is 7.23. The zero-order valence-corrected chi connectivity index (χ0v) is 13.8. The monoisotopic (exact) mass is 292 g/mol. The SMILES string of the molecule is CCNC(C)c1ccccc1OC(C)C(=O)N(CC)CC. The smallest absolute Gasteiger partial charge is 0.263 e. The number of likely N-dealkylation sites (N-methyl/N-ethyl adjacent to an activating group) is 1. The van der Waals surface area contributed by atoms with Crippen LogP contribution in [0.4, 0.5) is 0 Å². The van der Waals surface area contributed by atoms with Crippen molar-refractivity contribution in [2.75, 3.05) is 19.6 Å². The number of hydrogen-bond donors (Lipinski definition) is 1. The Balaban J connectivity index is 2.85. The van der Waals surface area contributed by atoms with Crippen molar-refractivity contribution in [3.63, 3.8) is 0 Å². The van der Waals surface area contributed by atoms with E-state index in [1.54, 1.807) is 4.90 Å². The van der Waals surface area contributed by atoms with Gasteiger partial charge in [0.1, 0.15) is 5.75 Å². The second kappa shape index (κ2) is 8.67. The van der Waals surface area contributed by atoms with Crippen LogP contribution in [0.2, 0.25) is 0 Å². The quantitative estimate of drug-likeness (QED) is 0.801. The van der Waals surface area contributed by atoms with E-state index in [1.807, 2.05) is 45.0 Å². The molecule has 4 nitrogen and oxygen atoms in total. The molecule has 118 valence electrons. The summed E-state index contributed by atoms with van der Waals surface area (Å²) in [5, 5.41) is 3.37. The summed E-state index contributed by atoms with van der Waals surface area (Å²) < 4.78 is 5.93. The number of hydrogen-bond acceptors (Lipinski definition) is 3. The minimum atomic E-state index is -0.472. The van der Waals surface area contributed by atoms with Gasteiger partial charge < -0.3 is 15.0 Å². The number of amides is 1. The van der Waals surface area contributed by atoms with E-state index in [9.17, 15) is 4.79 Å². The van der Waals surface area contributed by atoms with Gasteiger partial charge in [-0.2, -0.15) is 0 Å². The summed E-state index contributed by atoms with van der Waals surface area (Å²) in [7, 11) is 0. The molecule has 21 heavy (non-hydrogen) atoms. The first-order valence-corrected chi connectivity index (χ1v) is 7.82. The number of para-hydroxylation sites is 1. The molecule has 0 saturated heterocycles. The molecule has 0 radical (unpaired) electrons. The van der Waals surface area contributed by atoms with Crippen molar-refractivity contribution in [2.24, 2.45) is 0 Å². The second-order valence-electron chi connectivity index (χ2n) is 5.09. The van der Waals surface area contributed by atoms with Crippen molar-refractivity contribution in [1.29, 1.82) is 0 Å². The van der Waals surface area contributed by atoms with E-state index in [0.717, 1.165) is 17.9 Å². The summed E-state index contributed by atoms with van der Waals surface area (Å²) in [6.07, 6.45) is -0.472. The van der Waals surface area contributed by atoms with Gasteiger partial charge in [-0.15, -0.1) is 0 Å². The maximum Gasteiger partial charge on any atom is 0.263 e. The molecule has 0 spiro atoms. The highest BCUT2D eigenvalue weighted by molar-refractivity contribution is 5.80. The fourth-order valence-electron chi connectivity index (χ4n) is 2.39. The predicted molar refractivity (Wildman–Crippen MR) is 86.6 cm³/mol. The first-order chi connectivity index (χ1) is 10.0. The Bertz CT molecular complexity index is 444. The maximum atomic E-state index is 12.3. The van der Waals surface area contributed by atoms with Crippen molar-refractivity contribution in [3.05, 3.63) is 29.8 Å². The number of carbonyl (C=O) groups excluding carboxylic acids is 1. The van der Waals surface area contributed by atoms with E-state index < -0.39 is 6.10 Å². The molecule has 4 heteroatoms. The first-order valence-electron chi connectivity index (χ1n) is 7.82. The highest BCUT2D eigenvalue weighted by Gasteiger charge is 2.21. The fourth-order valence-corrected chi connectivity index (χ4v) is 2.39. The van der Waals surface area contributed by atoms with Crippen LogP contribution in [0.3, 0.4) is 0 Å². The van der Waals surface area contributed by atoms with Crippen LogP contribution in [0.1, 0.15) is 46.2 Å². The van der Waals surface area contributed by atoms with Crippen LogP contribution in [0.25, 0.3) is 0 Å². The van der Waals surface area contributed by atoms with Crippen LogP contribution in [0, 0.1) is 0 Å². The van der Waals surface area contributed by atoms with Crippen molar-refractivity contribution in [2.45, 2.75) is 46.8 Å². The number of nitrogens with zero attached hydrogens (tertiary/aromatic N) is 1. The molecule has 0 heterocycles. The highest BCUT2D eigenvalue weighted by atomic mass is 16.5. The Labute approximate surface area is 128 Å². The minimum Gasteiger partial charge on any atom is -0.481 e. The Morgan fingerprint density at radius 3 is 2.38 bits per heavy atom. The summed E-state index contributed by atoms with van der Waals surface area (Å²) in [5.74, 6) is 0.810. The standard InChI is InChI=1S/C17H28N2O2/c1-6-18-13(4)15-11-9-10-12-16(15)21-14(5)17(20)19(7-2)8-3/h9-14,18H,6-8H2,1-5H3. The van der Waals surface area contributed by atoms with Gasteiger partial charge in [0.05, 0.1) is 0 Å². The lowest BCUT2D eigenvalue weighted by Gasteiger charge is -2.25. The lowest BCUT2D eigenvalue weighted by molar-refractivity contribution is -0.137. The van der Waals surface area contributed by atoms with Gasteiger partial charge in [0.2, 0.25) is 0 Å². The zero-order chi connectivity index (χ0) is 15.8. The summed E-state index contributed by atoms with van der Waals surface area (Å²) in [6.45, 7) is 12.3. The minimum absolute atomic E-state index is 0.0332. The maximum absolute atomic E-state index is 12.3. The fraction of sp³-hybridized carbons (Fsp3) is 0.588. The van der Waals surface area contributed by atoms with Crippen molar-refractivity contribution >= 4 is 5.91 Å². The third-order valence-corrected chi connectivity index (χ3v) is 3.62. The summed E-state index contributed by atoms with van der Waals surface area (Å²) in [5.41, 5.74) is 1.08. The number of ether oxygens (including phenoxy) is 1. The molecule has 1 aromatic carbocycles. The molecule has 0 fully saturated rings. The third kappa shape index (κ3) is 4.74. The van der Waals surface area contributed by atoms with Gasteiger partial charge in [0.15, 0.2) is 6.10 Å². The van der Waals surface area contributed by atoms with E-state index in [0.29, 0.717) is 13.1 Å². The Morgan fingerprint density at radius 1 is 1.19 bits per heavy atom. The topological polar surface area (TPSA) is 41.6 Å². The number of carbonyl (C=O) groups is 1. The van der Waals surface area contributed by atoms with E-state index in [4.69, 9.17) is 4.74 Å². The van der Waals surface area contributed by atoms with Crippen molar-refractivity contribution in [3.8, 4) is 5.75 Å². The molecular weight excluding hydrogens is 264 g/mol. The molecule has 2 unspecified atom stereocenters. The average molecular weight is 292 g/mol. The zero-order valence-electron chi connectivity index (χ0n) is 13.8. The molecule has 0 aromatic heterocycles. The Hall–Kier alpha value is -1.55. The van der Waals surface area contributed by atoms with Gasteiger partial charge in [0, 0.05) is 24.7 Å². The molecule has 1 aromatic rings. The molecule has 1 rings (SSSR count). The largest absolute Gasteiger partial charge is 0.481 e. The number of nitrogens with one attached hydrogen (secondary N) is 1. The van der Waals surface area contributed by atoms with Crippen LogP contribution < -0.4 is 10.1 Å². The number of rotatable bonds is 8. The van der Waals surface area contributed by atoms with Gasteiger partial charge >= 0.3 is 0 Å². The number of benzene rings is 1. The first kappa shape index (κ1) is 17.5. The summed E-state index contributed by atoms with van der Waals surface area (Å²) in [6, 6.07) is 8.09. The van der Waals surface area contributed by atoms with Gasteiger partial charge in [-0.05, 0) is 40.3 Å². The van der Waals surface area contributed by atoms with Crippen LogP contribution >= 0.6 is 0 Å². The lowest BCUT2D eigenvalue weighted by atomic mass is 10.1. The van der Waals surface area contributed by atoms with Gasteiger partial charge in [0.25, 0.3) is 5.91 Å². The van der Waals surface area contributed by atoms with E-state index in [2.05, 4.69) is 19.2 Å². The van der Waals surface area contributed by atoms with Gasteiger partial charge in [-0.25, -0.2) is 0 Å². The van der Waals surface area contributed by atoms with E-state index >= 15 is 0 Å². The summed E-state index contributed by atoms with van der Waals surface area (Å²) in [4.78, 5) is 14.1. The third-order valence-electron chi connectivity index (χ3n) is 3.62. The molecule has 0 bridgehead atoms. The molecular formula is C17H28N2O2. The average Bonchev–Trinajstić information content (AvgIpc) is 2.49. The van der Waals surface area contributed by atoms with Crippen LogP contribution in [-0.4, -0.2) is 36.5 Å². The molecule has 0 aliphatic heterocycles. The van der Waals surface area contributed by atoms with Crippen molar-refractivity contribution in [1.82, 2.24) is 10.2 Å². The predicted octanol–water partition coefficient (Wildman–Crippen LogP) is 2.99. The molecule has 1 amide bonds. The molecule has 0 aliphatic rings. The molecule has 2 atom stereocenters. The molecule has 0 aliphatic carbocycles.